The monoisotopic (exact) mass is 291 g/mol. The topological polar surface area (TPSA) is 56.3 Å². The van der Waals surface area contributed by atoms with Crippen LogP contribution in [0, 0.1) is 20.8 Å². The Bertz CT molecular complexity index is 484. The fourth-order valence-electron chi connectivity index (χ4n) is 3.26. The van der Waals surface area contributed by atoms with Crippen molar-refractivity contribution < 1.29 is 9.47 Å². The Hall–Kier alpha value is -1.20. The predicted octanol–water partition coefficient (Wildman–Crippen LogP) is 2.54. The Balaban J connectivity index is 1.70. The van der Waals surface area contributed by atoms with Crippen molar-refractivity contribution in [2.75, 3.05) is 25.1 Å². The van der Waals surface area contributed by atoms with Crippen LogP contribution in [0.3, 0.4) is 0 Å². The van der Waals surface area contributed by atoms with Crippen LogP contribution < -0.4 is 5.32 Å². The summed E-state index contributed by atoms with van der Waals surface area (Å²) >= 11 is 0. The molecule has 2 aliphatic heterocycles. The molecule has 3 heterocycles. The normalized spacial score (nSPS) is 25.0. The van der Waals surface area contributed by atoms with Crippen molar-refractivity contribution in [2.45, 2.75) is 58.1 Å². The predicted molar refractivity (Wildman–Crippen MR) is 81.6 cm³/mol. The molecule has 1 aromatic heterocycles. The Morgan fingerprint density at radius 1 is 1.05 bits per heavy atom. The summed E-state index contributed by atoms with van der Waals surface area (Å²) in [6, 6.07) is 0.387. The van der Waals surface area contributed by atoms with Crippen molar-refractivity contribution in [1.82, 2.24) is 9.97 Å². The number of nitrogens with zero attached hydrogens (tertiary/aromatic N) is 2. The first kappa shape index (κ1) is 14.7. The Morgan fingerprint density at radius 2 is 1.71 bits per heavy atom. The quantitative estimate of drug-likeness (QED) is 0.907. The van der Waals surface area contributed by atoms with Gasteiger partial charge in [0.2, 0.25) is 5.95 Å². The van der Waals surface area contributed by atoms with E-state index >= 15 is 0 Å². The van der Waals surface area contributed by atoms with Crippen LogP contribution >= 0.6 is 0 Å². The average molecular weight is 291 g/mol. The molecule has 1 unspecified atom stereocenters. The lowest BCUT2D eigenvalue weighted by molar-refractivity contribution is -0.135. The molecule has 116 valence electrons. The van der Waals surface area contributed by atoms with Crippen LogP contribution in [0.1, 0.15) is 42.6 Å². The number of rotatable bonds is 2. The maximum atomic E-state index is 6.08. The molecule has 1 N–H and O–H groups in total. The van der Waals surface area contributed by atoms with Gasteiger partial charge in [-0.05, 0) is 52.0 Å². The summed E-state index contributed by atoms with van der Waals surface area (Å²) in [6.45, 7) is 8.58. The van der Waals surface area contributed by atoms with Gasteiger partial charge in [0, 0.05) is 37.3 Å². The molecule has 0 bridgehead atoms. The molecule has 5 heteroatoms. The van der Waals surface area contributed by atoms with Crippen LogP contribution in [-0.2, 0) is 9.47 Å². The van der Waals surface area contributed by atoms with Crippen LogP contribution in [0.25, 0.3) is 0 Å². The van der Waals surface area contributed by atoms with E-state index in [0.717, 1.165) is 62.8 Å². The maximum absolute atomic E-state index is 6.08. The molecule has 0 aromatic carbocycles. The van der Waals surface area contributed by atoms with Gasteiger partial charge in [-0.3, -0.25) is 0 Å². The lowest BCUT2D eigenvalue weighted by Gasteiger charge is -2.43. The first-order valence-corrected chi connectivity index (χ1v) is 7.88. The summed E-state index contributed by atoms with van der Waals surface area (Å²) in [7, 11) is 0. The third kappa shape index (κ3) is 3.19. The highest BCUT2D eigenvalue weighted by molar-refractivity contribution is 5.34. The molecular formula is C16H25N3O2. The zero-order valence-electron chi connectivity index (χ0n) is 13.2. The molecule has 0 aliphatic carbocycles. The third-order valence-electron chi connectivity index (χ3n) is 4.86. The van der Waals surface area contributed by atoms with Crippen LogP contribution in [0.15, 0.2) is 0 Å². The number of nitrogens with one attached hydrogen (secondary N) is 1. The van der Waals surface area contributed by atoms with Gasteiger partial charge in [0.25, 0.3) is 0 Å². The molecule has 1 spiro atoms. The number of hydrogen-bond donors (Lipinski definition) is 1. The molecule has 0 amide bonds. The second kappa shape index (κ2) is 5.89. The molecule has 0 radical (unpaired) electrons. The molecular weight excluding hydrogens is 266 g/mol. The number of aryl methyl sites for hydroxylation is 2. The number of anilines is 1. The van der Waals surface area contributed by atoms with Crippen molar-refractivity contribution in [2.24, 2.45) is 0 Å². The maximum Gasteiger partial charge on any atom is 0.223 e. The minimum Gasteiger partial charge on any atom is -0.381 e. The van der Waals surface area contributed by atoms with Crippen LogP contribution in [0.5, 0.6) is 0 Å². The van der Waals surface area contributed by atoms with Crippen molar-refractivity contribution in [3.63, 3.8) is 0 Å². The van der Waals surface area contributed by atoms with Crippen molar-refractivity contribution in [1.29, 1.82) is 0 Å². The lowest BCUT2D eigenvalue weighted by atomic mass is 9.84. The van der Waals surface area contributed by atoms with E-state index in [1.54, 1.807) is 0 Å². The van der Waals surface area contributed by atoms with Gasteiger partial charge in [0.15, 0.2) is 0 Å². The summed E-state index contributed by atoms with van der Waals surface area (Å²) in [4.78, 5) is 9.15. The van der Waals surface area contributed by atoms with Gasteiger partial charge in [-0.25, -0.2) is 9.97 Å². The largest absolute Gasteiger partial charge is 0.381 e. The van der Waals surface area contributed by atoms with E-state index in [2.05, 4.69) is 22.2 Å². The van der Waals surface area contributed by atoms with Crippen molar-refractivity contribution >= 4 is 5.95 Å². The SMILES string of the molecule is Cc1nc(NC2CCOC3(CCOCC3)C2)nc(C)c1C. The van der Waals surface area contributed by atoms with E-state index in [9.17, 15) is 0 Å². The van der Waals surface area contributed by atoms with Gasteiger partial charge >= 0.3 is 0 Å². The lowest BCUT2D eigenvalue weighted by Crippen LogP contribution is -2.48. The van der Waals surface area contributed by atoms with Crippen molar-refractivity contribution in [3.05, 3.63) is 17.0 Å². The molecule has 21 heavy (non-hydrogen) atoms. The van der Waals surface area contributed by atoms with Crippen LogP contribution in [0.2, 0.25) is 0 Å². The minimum absolute atomic E-state index is 0.00293. The van der Waals surface area contributed by atoms with Crippen molar-refractivity contribution in [3.8, 4) is 0 Å². The number of ether oxygens (including phenoxy) is 2. The van der Waals surface area contributed by atoms with Gasteiger partial charge in [-0.15, -0.1) is 0 Å². The van der Waals surface area contributed by atoms with Gasteiger partial charge in [-0.2, -0.15) is 0 Å². The minimum atomic E-state index is 0.00293. The molecule has 2 aliphatic rings. The first-order valence-electron chi connectivity index (χ1n) is 7.88. The molecule has 1 aromatic rings. The molecule has 3 rings (SSSR count). The highest BCUT2D eigenvalue weighted by atomic mass is 16.5. The zero-order chi connectivity index (χ0) is 14.9. The summed E-state index contributed by atoms with van der Waals surface area (Å²) in [5, 5.41) is 3.52. The van der Waals surface area contributed by atoms with E-state index in [-0.39, 0.29) is 5.60 Å². The second-order valence-electron chi connectivity index (χ2n) is 6.32. The molecule has 2 fully saturated rings. The van der Waals surface area contributed by atoms with E-state index in [0.29, 0.717) is 6.04 Å². The summed E-state index contributed by atoms with van der Waals surface area (Å²) < 4.78 is 11.6. The zero-order valence-corrected chi connectivity index (χ0v) is 13.2. The van der Waals surface area contributed by atoms with Crippen LogP contribution in [-0.4, -0.2) is 41.4 Å². The molecule has 2 saturated heterocycles. The summed E-state index contributed by atoms with van der Waals surface area (Å²) in [5.41, 5.74) is 3.28. The number of hydrogen-bond acceptors (Lipinski definition) is 5. The summed E-state index contributed by atoms with van der Waals surface area (Å²) in [5.74, 6) is 0.754. The van der Waals surface area contributed by atoms with E-state index < -0.39 is 0 Å². The second-order valence-corrected chi connectivity index (χ2v) is 6.32. The van der Waals surface area contributed by atoms with E-state index in [4.69, 9.17) is 9.47 Å². The molecule has 1 atom stereocenters. The Labute approximate surface area is 126 Å². The van der Waals surface area contributed by atoms with Crippen LogP contribution in [0.4, 0.5) is 5.95 Å². The first-order chi connectivity index (χ1) is 10.1. The molecule has 0 saturated carbocycles. The summed E-state index contributed by atoms with van der Waals surface area (Å²) in [6.07, 6.45) is 4.03. The smallest absolute Gasteiger partial charge is 0.223 e. The van der Waals surface area contributed by atoms with Gasteiger partial charge < -0.3 is 14.8 Å². The highest BCUT2D eigenvalue weighted by Crippen LogP contribution is 2.35. The third-order valence-corrected chi connectivity index (χ3v) is 4.86. The fraction of sp³-hybridized carbons (Fsp3) is 0.750. The Morgan fingerprint density at radius 3 is 2.38 bits per heavy atom. The van der Waals surface area contributed by atoms with Gasteiger partial charge in [-0.1, -0.05) is 0 Å². The average Bonchev–Trinajstić information content (AvgIpc) is 2.45. The Kier molecular flexibility index (Phi) is 4.13. The fourth-order valence-corrected chi connectivity index (χ4v) is 3.26. The number of aromatic nitrogens is 2. The van der Waals surface area contributed by atoms with E-state index in [1.165, 1.54) is 5.56 Å². The van der Waals surface area contributed by atoms with E-state index in [1.807, 2.05) is 13.8 Å². The van der Waals surface area contributed by atoms with Gasteiger partial charge in [0.1, 0.15) is 0 Å². The highest BCUT2D eigenvalue weighted by Gasteiger charge is 2.39. The standard InChI is InChI=1S/C16H25N3O2/c1-11-12(2)17-15(18-13(11)3)19-14-4-7-21-16(10-14)5-8-20-9-6-16/h14H,4-10H2,1-3H3,(H,17,18,19). The van der Waals surface area contributed by atoms with Gasteiger partial charge in [0.05, 0.1) is 5.60 Å². The molecule has 5 nitrogen and oxygen atoms in total.